The molecule has 1 aromatic heterocycles. The van der Waals surface area contributed by atoms with Crippen molar-refractivity contribution in [2.24, 2.45) is 16.8 Å². The van der Waals surface area contributed by atoms with E-state index in [1.807, 2.05) is 30.4 Å². The molecule has 7 heteroatoms. The first-order valence-corrected chi connectivity index (χ1v) is 9.77. The molecule has 3 N–H and O–H groups in total. The van der Waals surface area contributed by atoms with Gasteiger partial charge < -0.3 is 20.6 Å². The summed E-state index contributed by atoms with van der Waals surface area (Å²) in [5.41, 5.74) is 9.45. The molecule has 2 saturated heterocycles. The van der Waals surface area contributed by atoms with E-state index in [1.54, 1.807) is 25.4 Å². The van der Waals surface area contributed by atoms with Crippen LogP contribution in [-0.2, 0) is 0 Å². The Bertz CT molecular complexity index is 956. The second kappa shape index (κ2) is 7.95. The lowest BCUT2D eigenvalue weighted by molar-refractivity contribution is 0.408. The molecule has 2 aliphatic heterocycles. The van der Waals surface area contributed by atoms with Crippen molar-refractivity contribution in [2.75, 3.05) is 43.9 Å². The topological polar surface area (TPSA) is 90.9 Å². The molecule has 3 heterocycles. The zero-order valence-electron chi connectivity index (χ0n) is 16.6. The quantitative estimate of drug-likeness (QED) is 0.602. The predicted octanol–water partition coefficient (Wildman–Crippen LogP) is 2.57. The Balaban J connectivity index is 1.52. The highest BCUT2D eigenvalue weighted by Gasteiger charge is 2.41. The number of aromatic nitrogens is 2. The normalized spacial score (nSPS) is 21.8. The number of benzene rings is 1. The average molecular weight is 390 g/mol. The van der Waals surface area contributed by atoms with E-state index >= 15 is 0 Å². The molecule has 0 bridgehead atoms. The summed E-state index contributed by atoms with van der Waals surface area (Å²) in [6.45, 7) is 7.75. The van der Waals surface area contributed by atoms with E-state index in [-0.39, 0.29) is 5.75 Å². The third kappa shape index (κ3) is 3.68. The van der Waals surface area contributed by atoms with E-state index in [0.29, 0.717) is 28.9 Å². The fraction of sp³-hybridized carbons (Fsp3) is 0.318. The highest BCUT2D eigenvalue weighted by Crippen LogP contribution is 2.38. The fourth-order valence-corrected chi connectivity index (χ4v) is 4.32. The summed E-state index contributed by atoms with van der Waals surface area (Å²) in [7, 11) is 1.77. The van der Waals surface area contributed by atoms with Gasteiger partial charge in [-0.25, -0.2) is 0 Å². The van der Waals surface area contributed by atoms with Crippen LogP contribution in [0.25, 0.3) is 11.3 Å². The number of allylic oxidation sites excluding steroid dienone is 2. The van der Waals surface area contributed by atoms with Crippen molar-refractivity contribution in [2.45, 2.75) is 0 Å². The van der Waals surface area contributed by atoms with Gasteiger partial charge in [-0.15, -0.1) is 10.2 Å². The summed E-state index contributed by atoms with van der Waals surface area (Å²) >= 11 is 0. The van der Waals surface area contributed by atoms with Crippen LogP contribution < -0.4 is 10.6 Å². The minimum absolute atomic E-state index is 0.186. The van der Waals surface area contributed by atoms with Crippen molar-refractivity contribution < 1.29 is 5.11 Å². The lowest BCUT2D eigenvalue weighted by atomic mass is 10.0. The fourth-order valence-electron chi connectivity index (χ4n) is 4.32. The van der Waals surface area contributed by atoms with Crippen molar-refractivity contribution >= 4 is 17.7 Å². The number of aromatic hydroxyl groups is 1. The number of phenols is 1. The zero-order valence-corrected chi connectivity index (χ0v) is 16.6. The maximum absolute atomic E-state index is 10.1. The summed E-state index contributed by atoms with van der Waals surface area (Å²) in [5, 5.41) is 18.5. The van der Waals surface area contributed by atoms with E-state index in [0.717, 1.165) is 37.6 Å². The van der Waals surface area contributed by atoms with Crippen LogP contribution in [0.2, 0.25) is 0 Å². The summed E-state index contributed by atoms with van der Waals surface area (Å²) in [6, 6.07) is 9.07. The average Bonchev–Trinajstić information content (AvgIpc) is 3.29. The molecule has 4 rings (SSSR count). The number of fused-ring (bicyclic) bond motifs is 1. The number of hydrogen-bond acceptors (Lipinski definition) is 7. The Labute approximate surface area is 170 Å². The van der Waals surface area contributed by atoms with Crippen molar-refractivity contribution in [1.82, 2.24) is 15.1 Å². The lowest BCUT2D eigenvalue weighted by Crippen LogP contribution is -2.29. The maximum Gasteiger partial charge on any atom is 0.169 e. The van der Waals surface area contributed by atoms with Crippen molar-refractivity contribution in [3.63, 3.8) is 0 Å². The van der Waals surface area contributed by atoms with Crippen LogP contribution in [0, 0.1) is 11.8 Å². The predicted molar refractivity (Wildman–Crippen MR) is 117 cm³/mol. The van der Waals surface area contributed by atoms with Crippen LogP contribution in [0.5, 0.6) is 5.75 Å². The molecule has 7 nitrogen and oxygen atoms in total. The largest absolute Gasteiger partial charge is 0.507 e. The maximum atomic E-state index is 10.1. The van der Waals surface area contributed by atoms with Gasteiger partial charge in [0.15, 0.2) is 5.82 Å². The van der Waals surface area contributed by atoms with E-state index < -0.39 is 0 Å². The molecule has 1 aromatic carbocycles. The molecule has 2 aromatic rings. The first kappa shape index (κ1) is 19.0. The number of phenolic OH excluding ortho intramolecular Hbond substituents is 1. The minimum atomic E-state index is 0.186. The van der Waals surface area contributed by atoms with Gasteiger partial charge >= 0.3 is 0 Å². The SMILES string of the molecule is C=C/C(=C\C=NC)N1CC2CN(c3cc(-c4ccccc4O)nnc3N)CC2C1. The Morgan fingerprint density at radius 2 is 1.93 bits per heavy atom. The minimum Gasteiger partial charge on any atom is -0.507 e. The summed E-state index contributed by atoms with van der Waals surface area (Å²) < 4.78 is 0. The lowest BCUT2D eigenvalue weighted by Gasteiger charge is -2.25. The van der Waals surface area contributed by atoms with Crippen molar-refractivity contribution in [3.8, 4) is 17.0 Å². The van der Waals surface area contributed by atoms with Crippen LogP contribution >= 0.6 is 0 Å². The number of nitrogens with zero attached hydrogens (tertiary/aromatic N) is 5. The molecule has 2 aliphatic rings. The molecule has 29 heavy (non-hydrogen) atoms. The number of aliphatic imine (C=N–C) groups is 1. The number of rotatable bonds is 5. The molecule has 2 fully saturated rings. The van der Waals surface area contributed by atoms with E-state index in [1.165, 1.54) is 0 Å². The molecule has 0 spiro atoms. The Kier molecular flexibility index (Phi) is 5.20. The van der Waals surface area contributed by atoms with E-state index in [9.17, 15) is 5.11 Å². The van der Waals surface area contributed by atoms with Gasteiger partial charge in [-0.05, 0) is 30.4 Å². The van der Waals surface area contributed by atoms with Crippen LogP contribution in [0.4, 0.5) is 11.5 Å². The van der Waals surface area contributed by atoms with Gasteiger partial charge in [0, 0.05) is 62.5 Å². The molecular formula is C22H26N6O. The second-order valence-electron chi connectivity index (χ2n) is 7.55. The third-order valence-corrected chi connectivity index (χ3v) is 5.78. The van der Waals surface area contributed by atoms with Gasteiger partial charge in [-0.3, -0.25) is 4.99 Å². The van der Waals surface area contributed by atoms with Crippen LogP contribution in [0.1, 0.15) is 0 Å². The molecule has 0 aliphatic carbocycles. The second-order valence-corrected chi connectivity index (χ2v) is 7.55. The van der Waals surface area contributed by atoms with Crippen LogP contribution in [-0.4, -0.2) is 59.6 Å². The van der Waals surface area contributed by atoms with Gasteiger partial charge in [0.05, 0.1) is 11.4 Å². The van der Waals surface area contributed by atoms with Gasteiger partial charge in [0.2, 0.25) is 0 Å². The first-order chi connectivity index (χ1) is 14.1. The summed E-state index contributed by atoms with van der Waals surface area (Å²) in [4.78, 5) is 8.71. The molecule has 0 amide bonds. The smallest absolute Gasteiger partial charge is 0.169 e. The number of anilines is 2. The van der Waals surface area contributed by atoms with Gasteiger partial charge in [0.1, 0.15) is 5.75 Å². The third-order valence-electron chi connectivity index (χ3n) is 5.78. The Morgan fingerprint density at radius 1 is 1.21 bits per heavy atom. The van der Waals surface area contributed by atoms with Crippen LogP contribution in [0.15, 0.2) is 59.8 Å². The molecule has 0 saturated carbocycles. The molecule has 150 valence electrons. The van der Waals surface area contributed by atoms with Crippen molar-refractivity contribution in [3.05, 3.63) is 54.8 Å². The van der Waals surface area contributed by atoms with Gasteiger partial charge in [-0.2, -0.15) is 0 Å². The van der Waals surface area contributed by atoms with E-state index in [2.05, 4.69) is 31.6 Å². The van der Waals surface area contributed by atoms with Crippen LogP contribution in [0.3, 0.4) is 0 Å². The molecule has 2 unspecified atom stereocenters. The first-order valence-electron chi connectivity index (χ1n) is 9.77. The number of nitrogen functional groups attached to an aromatic ring is 1. The van der Waals surface area contributed by atoms with Gasteiger partial charge in [-0.1, -0.05) is 18.7 Å². The summed E-state index contributed by atoms with van der Waals surface area (Å²) in [6.07, 6.45) is 5.71. The number of nitrogens with two attached hydrogens (primary N) is 1. The van der Waals surface area contributed by atoms with Gasteiger partial charge in [0.25, 0.3) is 0 Å². The standard InChI is InChI=1S/C22H26N6O/c1-3-17(8-9-24-2)27-11-15-13-28(14-16(15)12-27)20-10-19(25-26-22(20)23)18-6-4-5-7-21(18)29/h3-10,15-16,29H,1,11-14H2,2H3,(H2,23,26)/b17-8+,24-9?. The number of para-hydroxylation sites is 1. The summed E-state index contributed by atoms with van der Waals surface area (Å²) in [5.74, 6) is 1.72. The molecular weight excluding hydrogens is 364 g/mol. The molecule has 0 radical (unpaired) electrons. The Morgan fingerprint density at radius 3 is 2.59 bits per heavy atom. The number of hydrogen-bond donors (Lipinski definition) is 2. The zero-order chi connectivity index (χ0) is 20.4. The van der Waals surface area contributed by atoms with E-state index in [4.69, 9.17) is 5.73 Å². The van der Waals surface area contributed by atoms with Crippen molar-refractivity contribution in [1.29, 1.82) is 0 Å². The monoisotopic (exact) mass is 390 g/mol. The Hall–Kier alpha value is -3.35. The number of likely N-dealkylation sites (tertiary alicyclic amines) is 1. The molecule has 2 atom stereocenters. The highest BCUT2D eigenvalue weighted by molar-refractivity contribution is 5.74. The highest BCUT2D eigenvalue weighted by atomic mass is 16.3.